The molecule has 0 spiro atoms. The molecule has 2 N–H and O–H groups in total. The number of aromatic nitrogens is 1. The zero-order valence-corrected chi connectivity index (χ0v) is 11.2. The summed E-state index contributed by atoms with van der Waals surface area (Å²) in [5.41, 5.74) is -1.63. The van der Waals surface area contributed by atoms with Crippen LogP contribution in [0.3, 0.4) is 0 Å². The molecule has 1 aromatic heterocycles. The van der Waals surface area contributed by atoms with Crippen LogP contribution in [0.2, 0.25) is 0 Å². The second-order valence-electron chi connectivity index (χ2n) is 5.53. The van der Waals surface area contributed by atoms with Crippen molar-refractivity contribution in [3.05, 3.63) is 24.0 Å². The summed E-state index contributed by atoms with van der Waals surface area (Å²) in [6.45, 7) is 3.31. The van der Waals surface area contributed by atoms with E-state index >= 15 is 0 Å². The number of hydrogen-bond acceptors (Lipinski definition) is 3. The van der Waals surface area contributed by atoms with Crippen LogP contribution in [-0.2, 0) is 15.8 Å². The van der Waals surface area contributed by atoms with E-state index in [0.29, 0.717) is 0 Å². The first-order valence-corrected chi connectivity index (χ1v) is 6.12. The molecule has 1 aromatic rings. The van der Waals surface area contributed by atoms with E-state index in [1.807, 2.05) is 0 Å². The summed E-state index contributed by atoms with van der Waals surface area (Å²) < 4.78 is 37.0. The number of alkyl halides is 3. The molecule has 1 aliphatic carbocycles. The summed E-state index contributed by atoms with van der Waals surface area (Å²) in [4.78, 5) is 26.2. The lowest BCUT2D eigenvalue weighted by Crippen LogP contribution is -2.18. The van der Waals surface area contributed by atoms with Crippen molar-refractivity contribution in [2.45, 2.75) is 20.0 Å². The number of hydrogen-bond donors (Lipinski definition) is 2. The van der Waals surface area contributed by atoms with Crippen molar-refractivity contribution >= 4 is 17.6 Å². The molecule has 1 amide bonds. The first-order chi connectivity index (χ1) is 9.55. The first kappa shape index (κ1) is 15.3. The van der Waals surface area contributed by atoms with Crippen molar-refractivity contribution in [3.63, 3.8) is 0 Å². The van der Waals surface area contributed by atoms with Gasteiger partial charge in [0.05, 0.1) is 23.7 Å². The Morgan fingerprint density at radius 3 is 2.29 bits per heavy atom. The van der Waals surface area contributed by atoms with Crippen molar-refractivity contribution in [3.8, 4) is 0 Å². The van der Waals surface area contributed by atoms with Gasteiger partial charge in [0.15, 0.2) is 0 Å². The molecule has 0 radical (unpaired) electrons. The van der Waals surface area contributed by atoms with Gasteiger partial charge in [-0.3, -0.25) is 9.59 Å². The Morgan fingerprint density at radius 1 is 1.29 bits per heavy atom. The summed E-state index contributed by atoms with van der Waals surface area (Å²) in [7, 11) is 0. The van der Waals surface area contributed by atoms with E-state index in [9.17, 15) is 22.8 Å². The topological polar surface area (TPSA) is 79.3 Å². The van der Waals surface area contributed by atoms with Gasteiger partial charge in [-0.25, -0.2) is 4.98 Å². The zero-order valence-electron chi connectivity index (χ0n) is 11.2. The zero-order chi connectivity index (χ0) is 16.0. The molecular formula is C13H13F3N2O3. The largest absolute Gasteiger partial charge is 0.481 e. The Labute approximate surface area is 118 Å². The molecule has 1 aliphatic rings. The molecule has 1 fully saturated rings. The van der Waals surface area contributed by atoms with E-state index in [4.69, 9.17) is 5.11 Å². The van der Waals surface area contributed by atoms with Gasteiger partial charge in [0.2, 0.25) is 5.91 Å². The quantitative estimate of drug-likeness (QED) is 0.898. The number of rotatable bonds is 3. The molecule has 0 saturated heterocycles. The SMILES string of the molecule is CC1(C)[C@H](C(=O)O)[C@@H]1C(=O)Nc1ccc(C(F)(F)F)nc1. The Balaban J connectivity index is 2.06. The molecule has 2 atom stereocenters. The van der Waals surface area contributed by atoms with Crippen LogP contribution in [0.1, 0.15) is 19.5 Å². The molecule has 0 unspecified atom stereocenters. The van der Waals surface area contributed by atoms with Crippen LogP contribution in [-0.4, -0.2) is 22.0 Å². The van der Waals surface area contributed by atoms with Crippen LogP contribution in [0.15, 0.2) is 18.3 Å². The van der Waals surface area contributed by atoms with E-state index in [1.54, 1.807) is 13.8 Å². The van der Waals surface area contributed by atoms with Crippen molar-refractivity contribution in [1.29, 1.82) is 0 Å². The fourth-order valence-corrected chi connectivity index (χ4v) is 2.44. The lowest BCUT2D eigenvalue weighted by molar-refractivity contribution is -0.141. The molecule has 0 aliphatic heterocycles. The lowest BCUT2D eigenvalue weighted by atomic mass is 10.1. The number of carboxylic acid groups (broad SMARTS) is 1. The van der Waals surface area contributed by atoms with Gasteiger partial charge in [0, 0.05) is 0 Å². The Bertz CT molecular complexity index is 581. The molecule has 1 saturated carbocycles. The van der Waals surface area contributed by atoms with Crippen molar-refractivity contribution in [2.75, 3.05) is 5.32 Å². The fraction of sp³-hybridized carbons (Fsp3) is 0.462. The maximum Gasteiger partial charge on any atom is 0.433 e. The third-order valence-electron chi connectivity index (χ3n) is 3.70. The standard InChI is InChI=1S/C13H13F3N2O3/c1-12(2)8(9(12)11(20)21)10(19)18-6-3-4-7(17-5-6)13(14,15)16/h3-5,8-9H,1-2H3,(H,18,19)(H,20,21)/t8-,9+/m1/s1. The number of nitrogens with one attached hydrogen (secondary N) is 1. The number of aliphatic carboxylic acids is 1. The van der Waals surface area contributed by atoms with Crippen LogP contribution in [0.4, 0.5) is 18.9 Å². The second kappa shape index (κ2) is 4.71. The molecule has 8 heteroatoms. The van der Waals surface area contributed by atoms with E-state index in [2.05, 4.69) is 10.3 Å². The third kappa shape index (κ3) is 2.84. The van der Waals surface area contributed by atoms with Crippen LogP contribution in [0.25, 0.3) is 0 Å². The number of pyridine rings is 1. The summed E-state index contributed by atoms with van der Waals surface area (Å²) in [6.07, 6.45) is -3.65. The van der Waals surface area contributed by atoms with Gasteiger partial charge in [-0.2, -0.15) is 13.2 Å². The second-order valence-corrected chi connectivity index (χ2v) is 5.53. The van der Waals surface area contributed by atoms with E-state index < -0.39 is 41.0 Å². The number of nitrogens with zero attached hydrogens (tertiary/aromatic N) is 1. The molecular weight excluding hydrogens is 289 g/mol. The van der Waals surface area contributed by atoms with E-state index in [-0.39, 0.29) is 5.69 Å². The molecule has 5 nitrogen and oxygen atoms in total. The smallest absolute Gasteiger partial charge is 0.433 e. The first-order valence-electron chi connectivity index (χ1n) is 6.12. The Morgan fingerprint density at radius 2 is 1.90 bits per heavy atom. The predicted molar refractivity (Wildman–Crippen MR) is 66.3 cm³/mol. The Hall–Kier alpha value is -2.12. The molecule has 21 heavy (non-hydrogen) atoms. The summed E-state index contributed by atoms with van der Waals surface area (Å²) in [5.74, 6) is -3.10. The number of carbonyl (C=O) groups excluding carboxylic acids is 1. The summed E-state index contributed by atoms with van der Waals surface area (Å²) >= 11 is 0. The van der Waals surface area contributed by atoms with Crippen molar-refractivity contribution < 1.29 is 27.9 Å². The number of carboxylic acids is 1. The van der Waals surface area contributed by atoms with Crippen LogP contribution >= 0.6 is 0 Å². The molecule has 114 valence electrons. The fourth-order valence-electron chi connectivity index (χ4n) is 2.44. The maximum absolute atomic E-state index is 12.3. The number of halogens is 3. The van der Waals surface area contributed by atoms with Gasteiger partial charge >= 0.3 is 12.1 Å². The van der Waals surface area contributed by atoms with Crippen molar-refractivity contribution in [1.82, 2.24) is 4.98 Å². The Kier molecular flexibility index (Phi) is 3.43. The number of carbonyl (C=O) groups is 2. The average molecular weight is 302 g/mol. The summed E-state index contributed by atoms with van der Waals surface area (Å²) in [5, 5.41) is 11.4. The normalized spacial score (nSPS) is 23.5. The van der Waals surface area contributed by atoms with E-state index in [0.717, 1.165) is 18.3 Å². The molecule has 0 bridgehead atoms. The van der Waals surface area contributed by atoms with Crippen LogP contribution in [0, 0.1) is 17.3 Å². The van der Waals surface area contributed by atoms with Gasteiger partial charge in [0.25, 0.3) is 0 Å². The average Bonchev–Trinajstić information content (AvgIpc) is 2.92. The number of anilines is 1. The predicted octanol–water partition coefficient (Wildman–Crippen LogP) is 2.40. The monoisotopic (exact) mass is 302 g/mol. The lowest BCUT2D eigenvalue weighted by Gasteiger charge is -2.08. The highest BCUT2D eigenvalue weighted by Crippen LogP contribution is 2.58. The maximum atomic E-state index is 12.3. The molecule has 1 heterocycles. The highest BCUT2D eigenvalue weighted by atomic mass is 19.4. The van der Waals surface area contributed by atoms with E-state index in [1.165, 1.54) is 0 Å². The van der Waals surface area contributed by atoms with Gasteiger partial charge < -0.3 is 10.4 Å². The van der Waals surface area contributed by atoms with Crippen molar-refractivity contribution in [2.24, 2.45) is 17.3 Å². The van der Waals surface area contributed by atoms with Gasteiger partial charge in [0.1, 0.15) is 5.69 Å². The van der Waals surface area contributed by atoms with Gasteiger partial charge in [-0.15, -0.1) is 0 Å². The molecule has 2 rings (SSSR count). The van der Waals surface area contributed by atoms with Crippen LogP contribution < -0.4 is 5.32 Å². The molecule has 0 aromatic carbocycles. The number of amides is 1. The minimum absolute atomic E-state index is 0.0971. The highest BCUT2D eigenvalue weighted by Gasteiger charge is 2.65. The third-order valence-corrected chi connectivity index (χ3v) is 3.70. The summed E-state index contributed by atoms with van der Waals surface area (Å²) in [6, 6.07) is 1.83. The minimum atomic E-state index is -4.55. The van der Waals surface area contributed by atoms with Gasteiger partial charge in [-0.05, 0) is 17.5 Å². The highest BCUT2D eigenvalue weighted by molar-refractivity contribution is 5.99. The van der Waals surface area contributed by atoms with Crippen LogP contribution in [0.5, 0.6) is 0 Å². The van der Waals surface area contributed by atoms with Gasteiger partial charge in [-0.1, -0.05) is 13.8 Å². The minimum Gasteiger partial charge on any atom is -0.481 e.